The van der Waals surface area contributed by atoms with Crippen LogP contribution in [0.1, 0.15) is 66.7 Å². The molecule has 0 aliphatic heterocycles. The van der Waals surface area contributed by atoms with Crippen molar-refractivity contribution in [3.63, 3.8) is 0 Å². The molecule has 0 spiro atoms. The first-order valence-corrected chi connectivity index (χ1v) is 8.83. The number of unbranched alkanes of at least 4 members (excludes halogenated alkanes) is 3. The van der Waals surface area contributed by atoms with Gasteiger partial charge in [0, 0.05) is 11.7 Å². The van der Waals surface area contributed by atoms with E-state index in [1.54, 1.807) is 0 Å². The predicted octanol–water partition coefficient (Wildman–Crippen LogP) is 5.20. The molecule has 0 aliphatic carbocycles. The van der Waals surface area contributed by atoms with Crippen molar-refractivity contribution in [1.29, 1.82) is 0 Å². The van der Waals surface area contributed by atoms with Crippen molar-refractivity contribution in [3.8, 4) is 0 Å². The first kappa shape index (κ1) is 21.0. The van der Waals surface area contributed by atoms with Crippen molar-refractivity contribution in [2.75, 3.05) is 13.1 Å². The van der Waals surface area contributed by atoms with Crippen LogP contribution >= 0.6 is 0 Å². The Morgan fingerprint density at radius 3 is 2.41 bits per heavy atom. The first-order valence-electron chi connectivity index (χ1n) is 8.83. The average molecular weight is 307 g/mol. The molecule has 1 unspecified atom stereocenters. The van der Waals surface area contributed by atoms with Crippen molar-refractivity contribution in [3.05, 3.63) is 36.6 Å². The molecule has 0 saturated heterocycles. The van der Waals surface area contributed by atoms with Gasteiger partial charge in [-0.2, -0.15) is 0 Å². The number of hydrogen-bond acceptors (Lipinski definition) is 2. The molecule has 0 fully saturated rings. The SMILES string of the molecule is C=C(/C=C\C)NC(C)C(=C)C(C)(C)CCNCCCCCC. The molecule has 0 aromatic rings. The summed E-state index contributed by atoms with van der Waals surface area (Å²) in [6.45, 7) is 21.5. The second-order valence-corrected chi connectivity index (χ2v) is 6.86. The van der Waals surface area contributed by atoms with Crippen LogP contribution in [0.4, 0.5) is 0 Å². The van der Waals surface area contributed by atoms with Crippen LogP contribution in [-0.4, -0.2) is 19.1 Å². The molecule has 1 atom stereocenters. The van der Waals surface area contributed by atoms with Crippen LogP contribution in [0.3, 0.4) is 0 Å². The Labute approximate surface area is 139 Å². The van der Waals surface area contributed by atoms with Gasteiger partial charge in [-0.15, -0.1) is 0 Å². The minimum atomic E-state index is 0.124. The average Bonchev–Trinajstić information content (AvgIpc) is 2.45. The number of hydrogen-bond donors (Lipinski definition) is 2. The summed E-state index contributed by atoms with van der Waals surface area (Å²) in [4.78, 5) is 0. The normalized spacial score (nSPS) is 13.3. The molecule has 0 aromatic heterocycles. The monoisotopic (exact) mass is 306 g/mol. The maximum atomic E-state index is 4.32. The molecule has 0 aliphatic rings. The fraction of sp³-hybridized carbons (Fsp3) is 0.700. The first-order chi connectivity index (χ1) is 10.3. The van der Waals surface area contributed by atoms with Gasteiger partial charge in [-0.3, -0.25) is 0 Å². The number of nitrogens with one attached hydrogen (secondary N) is 2. The van der Waals surface area contributed by atoms with Gasteiger partial charge >= 0.3 is 0 Å². The van der Waals surface area contributed by atoms with Gasteiger partial charge < -0.3 is 10.6 Å². The van der Waals surface area contributed by atoms with Crippen LogP contribution in [0, 0.1) is 5.41 Å². The van der Waals surface area contributed by atoms with E-state index >= 15 is 0 Å². The Bertz CT molecular complexity index is 353. The zero-order valence-electron chi connectivity index (χ0n) is 15.6. The summed E-state index contributed by atoms with van der Waals surface area (Å²) < 4.78 is 0. The van der Waals surface area contributed by atoms with Crippen LogP contribution in [-0.2, 0) is 0 Å². The molecule has 128 valence electrons. The Balaban J connectivity index is 4.08. The molecule has 2 heteroatoms. The summed E-state index contributed by atoms with van der Waals surface area (Å²) in [6.07, 6.45) is 10.4. The third kappa shape index (κ3) is 9.09. The van der Waals surface area contributed by atoms with Crippen LogP contribution in [0.25, 0.3) is 0 Å². The summed E-state index contributed by atoms with van der Waals surface area (Å²) >= 11 is 0. The molecule has 0 radical (unpaired) electrons. The van der Waals surface area contributed by atoms with E-state index in [0.717, 1.165) is 25.2 Å². The molecule has 0 amide bonds. The zero-order chi connectivity index (χ0) is 17.0. The Morgan fingerprint density at radius 2 is 1.82 bits per heavy atom. The fourth-order valence-electron chi connectivity index (χ4n) is 2.56. The topological polar surface area (TPSA) is 24.1 Å². The van der Waals surface area contributed by atoms with E-state index in [-0.39, 0.29) is 11.5 Å². The van der Waals surface area contributed by atoms with E-state index in [9.17, 15) is 0 Å². The molecule has 2 N–H and O–H groups in total. The van der Waals surface area contributed by atoms with Crippen molar-refractivity contribution in [1.82, 2.24) is 10.6 Å². The van der Waals surface area contributed by atoms with Crippen LogP contribution in [0.2, 0.25) is 0 Å². The summed E-state index contributed by atoms with van der Waals surface area (Å²) in [5.74, 6) is 0. The second kappa shape index (κ2) is 11.5. The summed E-state index contributed by atoms with van der Waals surface area (Å²) in [6, 6.07) is 0.239. The van der Waals surface area contributed by atoms with E-state index in [1.807, 2.05) is 19.1 Å². The molecule has 0 rings (SSSR count). The van der Waals surface area contributed by atoms with Crippen LogP contribution in [0.5, 0.6) is 0 Å². The minimum absolute atomic E-state index is 0.124. The molecular weight excluding hydrogens is 268 g/mol. The summed E-state index contributed by atoms with van der Waals surface area (Å²) in [7, 11) is 0. The molecule has 0 aromatic carbocycles. The van der Waals surface area contributed by atoms with Crippen molar-refractivity contribution < 1.29 is 0 Å². The smallest absolute Gasteiger partial charge is 0.0447 e. The lowest BCUT2D eigenvalue weighted by Crippen LogP contribution is -2.34. The Kier molecular flexibility index (Phi) is 11.0. The predicted molar refractivity (Wildman–Crippen MR) is 101 cm³/mol. The summed E-state index contributed by atoms with van der Waals surface area (Å²) in [5.41, 5.74) is 2.31. The molecule has 22 heavy (non-hydrogen) atoms. The van der Waals surface area contributed by atoms with Crippen LogP contribution in [0.15, 0.2) is 36.6 Å². The quantitative estimate of drug-likeness (QED) is 0.278. The third-order valence-electron chi connectivity index (χ3n) is 4.30. The van der Waals surface area contributed by atoms with Gasteiger partial charge in [0.15, 0.2) is 0 Å². The molecule has 0 heterocycles. The van der Waals surface area contributed by atoms with E-state index in [1.165, 1.54) is 31.3 Å². The van der Waals surface area contributed by atoms with Crippen LogP contribution < -0.4 is 10.6 Å². The van der Waals surface area contributed by atoms with Gasteiger partial charge in [0.25, 0.3) is 0 Å². The van der Waals surface area contributed by atoms with Gasteiger partial charge in [0.05, 0.1) is 0 Å². The molecule has 0 saturated carbocycles. The third-order valence-corrected chi connectivity index (χ3v) is 4.30. The van der Waals surface area contributed by atoms with E-state index < -0.39 is 0 Å². The van der Waals surface area contributed by atoms with Gasteiger partial charge in [0.1, 0.15) is 0 Å². The van der Waals surface area contributed by atoms with Crippen molar-refractivity contribution >= 4 is 0 Å². The maximum Gasteiger partial charge on any atom is 0.0447 e. The minimum Gasteiger partial charge on any atom is -0.379 e. The van der Waals surface area contributed by atoms with Crippen molar-refractivity contribution in [2.45, 2.75) is 72.8 Å². The van der Waals surface area contributed by atoms with Gasteiger partial charge in [-0.05, 0) is 56.8 Å². The highest BCUT2D eigenvalue weighted by Gasteiger charge is 2.25. The highest BCUT2D eigenvalue weighted by molar-refractivity contribution is 5.20. The summed E-state index contributed by atoms with van der Waals surface area (Å²) in [5, 5.41) is 6.98. The molecular formula is C20H38N2. The highest BCUT2D eigenvalue weighted by atomic mass is 14.9. The molecule has 0 bridgehead atoms. The lowest BCUT2D eigenvalue weighted by atomic mass is 9.78. The molecule has 2 nitrogen and oxygen atoms in total. The lowest BCUT2D eigenvalue weighted by molar-refractivity contribution is 0.367. The Hall–Kier alpha value is -1.02. The lowest BCUT2D eigenvalue weighted by Gasteiger charge is -2.32. The number of rotatable bonds is 13. The largest absolute Gasteiger partial charge is 0.379 e. The van der Waals surface area contributed by atoms with E-state index in [2.05, 4.69) is 51.5 Å². The standard InChI is InChI=1S/C20H38N2/c1-8-10-11-12-15-21-16-14-20(6,7)18(4)19(5)22-17(3)13-9-2/h9,13,19,21-22H,3-4,8,10-12,14-16H2,1-2,5-7H3/b13-9-. The van der Waals surface area contributed by atoms with Crippen molar-refractivity contribution in [2.24, 2.45) is 5.41 Å². The Morgan fingerprint density at radius 1 is 1.14 bits per heavy atom. The maximum absolute atomic E-state index is 4.32. The second-order valence-electron chi connectivity index (χ2n) is 6.86. The van der Waals surface area contributed by atoms with E-state index in [4.69, 9.17) is 0 Å². The zero-order valence-corrected chi connectivity index (χ0v) is 15.6. The fourth-order valence-corrected chi connectivity index (χ4v) is 2.56. The number of allylic oxidation sites excluding steroid dienone is 2. The van der Waals surface area contributed by atoms with Gasteiger partial charge in [-0.1, -0.05) is 59.3 Å². The van der Waals surface area contributed by atoms with Gasteiger partial charge in [-0.25, -0.2) is 0 Å². The van der Waals surface area contributed by atoms with Gasteiger partial charge in [0.2, 0.25) is 0 Å². The van der Waals surface area contributed by atoms with E-state index in [0.29, 0.717) is 0 Å². The highest BCUT2D eigenvalue weighted by Crippen LogP contribution is 2.31.